The SMILES string of the molecule is Cc1ccc(C(=O)N2CC[NH+](c3ccc([N+](=O)[O-])cc3)CC2)cc1.[Cl-]. The second kappa shape index (κ2) is 8.09. The maximum Gasteiger partial charge on any atom is 0.269 e. The van der Waals surface area contributed by atoms with Crippen molar-refractivity contribution in [3.8, 4) is 0 Å². The van der Waals surface area contributed by atoms with E-state index in [0.29, 0.717) is 13.1 Å². The Morgan fingerprint density at radius 1 is 1.04 bits per heavy atom. The molecule has 1 heterocycles. The topological polar surface area (TPSA) is 67.9 Å². The van der Waals surface area contributed by atoms with Crippen LogP contribution in [0.1, 0.15) is 15.9 Å². The standard InChI is InChI=1S/C18H19N3O3.ClH/c1-14-2-4-15(5-3-14)18(22)20-12-10-19(11-13-20)16-6-8-17(9-7-16)21(23)24;/h2-9H,10-13H2,1H3;1H. The van der Waals surface area contributed by atoms with Crippen LogP contribution in [-0.4, -0.2) is 41.9 Å². The van der Waals surface area contributed by atoms with Crippen molar-refractivity contribution in [1.82, 2.24) is 4.90 Å². The second-order valence-electron chi connectivity index (χ2n) is 6.07. The fourth-order valence-electron chi connectivity index (χ4n) is 2.97. The number of non-ortho nitro benzene ring substituents is 1. The van der Waals surface area contributed by atoms with Crippen LogP contribution in [0.15, 0.2) is 48.5 Å². The molecule has 6 nitrogen and oxygen atoms in total. The summed E-state index contributed by atoms with van der Waals surface area (Å²) in [7, 11) is 0. The van der Waals surface area contributed by atoms with Crippen LogP contribution in [0.5, 0.6) is 0 Å². The summed E-state index contributed by atoms with van der Waals surface area (Å²) in [4.78, 5) is 26.0. The molecule has 0 saturated carbocycles. The highest BCUT2D eigenvalue weighted by Gasteiger charge is 2.25. The highest BCUT2D eigenvalue weighted by molar-refractivity contribution is 5.94. The number of rotatable bonds is 3. The van der Waals surface area contributed by atoms with Gasteiger partial charge in [-0.2, -0.15) is 0 Å². The van der Waals surface area contributed by atoms with Gasteiger partial charge in [0.05, 0.1) is 31.1 Å². The Morgan fingerprint density at radius 3 is 2.12 bits per heavy atom. The number of amides is 1. The molecule has 1 aliphatic heterocycles. The summed E-state index contributed by atoms with van der Waals surface area (Å²) in [6.45, 7) is 4.96. The molecule has 132 valence electrons. The van der Waals surface area contributed by atoms with Gasteiger partial charge >= 0.3 is 0 Å². The Morgan fingerprint density at radius 2 is 1.60 bits per heavy atom. The van der Waals surface area contributed by atoms with Crippen molar-refractivity contribution in [2.24, 2.45) is 0 Å². The van der Waals surface area contributed by atoms with E-state index in [1.807, 2.05) is 36.1 Å². The van der Waals surface area contributed by atoms with Crippen LogP contribution in [0.2, 0.25) is 0 Å². The van der Waals surface area contributed by atoms with Gasteiger partial charge in [-0.05, 0) is 19.1 Å². The lowest BCUT2D eigenvalue weighted by Crippen LogP contribution is -3.10. The Hall–Kier alpha value is -2.44. The first-order valence-electron chi connectivity index (χ1n) is 8.00. The van der Waals surface area contributed by atoms with Crippen molar-refractivity contribution in [1.29, 1.82) is 0 Å². The first-order chi connectivity index (χ1) is 11.5. The van der Waals surface area contributed by atoms with Gasteiger partial charge in [-0.25, -0.2) is 0 Å². The number of nitrogens with zero attached hydrogens (tertiary/aromatic N) is 2. The van der Waals surface area contributed by atoms with E-state index in [4.69, 9.17) is 0 Å². The van der Waals surface area contributed by atoms with Gasteiger partial charge in [0.25, 0.3) is 11.6 Å². The van der Waals surface area contributed by atoms with Crippen LogP contribution in [0.25, 0.3) is 0 Å². The minimum absolute atomic E-state index is 0. The van der Waals surface area contributed by atoms with Gasteiger partial charge in [0.15, 0.2) is 0 Å². The van der Waals surface area contributed by atoms with Gasteiger partial charge < -0.3 is 17.3 Å². The number of carbonyl (C=O) groups excluding carboxylic acids is 1. The number of nitro benzene ring substituents is 1. The zero-order valence-electron chi connectivity index (χ0n) is 13.9. The maximum atomic E-state index is 12.5. The van der Waals surface area contributed by atoms with Crippen molar-refractivity contribution in [2.75, 3.05) is 26.2 Å². The number of benzene rings is 2. The smallest absolute Gasteiger partial charge is 0.269 e. The largest absolute Gasteiger partial charge is 1.00 e. The molecule has 2 aromatic rings. The summed E-state index contributed by atoms with van der Waals surface area (Å²) in [5, 5.41) is 10.7. The molecule has 1 N–H and O–H groups in total. The third-order valence-corrected chi connectivity index (χ3v) is 4.44. The zero-order valence-corrected chi connectivity index (χ0v) is 14.7. The third-order valence-electron chi connectivity index (χ3n) is 4.44. The van der Waals surface area contributed by atoms with Crippen molar-refractivity contribution >= 4 is 17.3 Å². The van der Waals surface area contributed by atoms with Gasteiger partial charge in [-0.15, -0.1) is 0 Å². The average Bonchev–Trinajstić information content (AvgIpc) is 2.62. The molecule has 3 rings (SSSR count). The van der Waals surface area contributed by atoms with E-state index < -0.39 is 4.92 Å². The first kappa shape index (κ1) is 18.9. The lowest BCUT2D eigenvalue weighted by atomic mass is 10.1. The Balaban J connectivity index is 0.00000225. The molecule has 0 aromatic heterocycles. The van der Waals surface area contributed by atoms with Crippen LogP contribution < -0.4 is 17.3 Å². The lowest BCUT2D eigenvalue weighted by molar-refractivity contribution is -0.837. The fourth-order valence-corrected chi connectivity index (χ4v) is 2.97. The Labute approximate surface area is 152 Å². The predicted octanol–water partition coefficient (Wildman–Crippen LogP) is -1.42. The van der Waals surface area contributed by atoms with Crippen molar-refractivity contribution in [3.05, 3.63) is 69.8 Å². The predicted molar refractivity (Wildman–Crippen MR) is 90.5 cm³/mol. The molecule has 0 atom stereocenters. The summed E-state index contributed by atoms with van der Waals surface area (Å²) in [5.41, 5.74) is 2.99. The van der Waals surface area contributed by atoms with Gasteiger partial charge in [0.1, 0.15) is 5.69 Å². The monoisotopic (exact) mass is 361 g/mol. The van der Waals surface area contributed by atoms with Crippen molar-refractivity contribution in [2.45, 2.75) is 6.92 Å². The van der Waals surface area contributed by atoms with Crippen LogP contribution in [0, 0.1) is 17.0 Å². The summed E-state index contributed by atoms with van der Waals surface area (Å²) in [6, 6.07) is 14.3. The van der Waals surface area contributed by atoms with E-state index in [1.54, 1.807) is 12.1 Å². The number of piperazine rings is 1. The number of hydrogen-bond donors (Lipinski definition) is 1. The number of carbonyl (C=O) groups is 1. The number of quaternary nitrogens is 1. The van der Waals surface area contributed by atoms with Gasteiger partial charge in [0.2, 0.25) is 0 Å². The normalized spacial score (nSPS) is 14.7. The molecule has 0 unspecified atom stereocenters. The number of aryl methyl sites for hydroxylation is 1. The number of nitrogens with one attached hydrogen (secondary N) is 1. The molecule has 25 heavy (non-hydrogen) atoms. The van der Waals surface area contributed by atoms with Crippen LogP contribution in [0.3, 0.4) is 0 Å². The van der Waals surface area contributed by atoms with Gasteiger partial charge in [-0.3, -0.25) is 19.8 Å². The van der Waals surface area contributed by atoms with Crippen LogP contribution in [-0.2, 0) is 0 Å². The fraction of sp³-hybridized carbons (Fsp3) is 0.278. The van der Waals surface area contributed by atoms with E-state index >= 15 is 0 Å². The van der Waals surface area contributed by atoms with Gasteiger partial charge in [0, 0.05) is 29.8 Å². The highest BCUT2D eigenvalue weighted by Crippen LogP contribution is 2.13. The van der Waals surface area contributed by atoms with Crippen molar-refractivity contribution < 1.29 is 27.0 Å². The third kappa shape index (κ3) is 4.35. The summed E-state index contributed by atoms with van der Waals surface area (Å²) >= 11 is 0. The van der Waals surface area contributed by atoms with Gasteiger partial charge in [-0.1, -0.05) is 17.7 Å². The number of halogens is 1. The molecule has 1 saturated heterocycles. The summed E-state index contributed by atoms with van der Waals surface area (Å²) in [5.74, 6) is 0.0674. The molecule has 2 aromatic carbocycles. The quantitative estimate of drug-likeness (QED) is 0.539. The molecular formula is C18H20ClN3O3. The summed E-state index contributed by atoms with van der Waals surface area (Å²) in [6.07, 6.45) is 0. The molecule has 1 fully saturated rings. The zero-order chi connectivity index (χ0) is 17.1. The maximum absolute atomic E-state index is 12.5. The Kier molecular flexibility index (Phi) is 6.12. The summed E-state index contributed by atoms with van der Waals surface area (Å²) < 4.78 is 0. The minimum Gasteiger partial charge on any atom is -1.00 e. The number of hydrogen-bond acceptors (Lipinski definition) is 3. The molecule has 7 heteroatoms. The number of nitro groups is 1. The molecular weight excluding hydrogens is 342 g/mol. The molecule has 1 aliphatic rings. The van der Waals surface area contributed by atoms with E-state index in [-0.39, 0.29) is 24.0 Å². The first-order valence-corrected chi connectivity index (χ1v) is 8.00. The Bertz CT molecular complexity index is 739. The molecule has 0 spiro atoms. The van der Waals surface area contributed by atoms with E-state index in [2.05, 4.69) is 0 Å². The highest BCUT2D eigenvalue weighted by atomic mass is 35.5. The molecule has 0 aliphatic carbocycles. The lowest BCUT2D eigenvalue weighted by Gasteiger charge is -2.32. The molecule has 0 bridgehead atoms. The van der Waals surface area contributed by atoms with Crippen LogP contribution >= 0.6 is 0 Å². The van der Waals surface area contributed by atoms with E-state index in [0.717, 1.165) is 29.9 Å². The molecule has 1 amide bonds. The molecule has 0 radical (unpaired) electrons. The van der Waals surface area contributed by atoms with E-state index in [1.165, 1.54) is 17.0 Å². The van der Waals surface area contributed by atoms with Crippen LogP contribution in [0.4, 0.5) is 11.4 Å². The second-order valence-corrected chi connectivity index (χ2v) is 6.07. The van der Waals surface area contributed by atoms with E-state index in [9.17, 15) is 14.9 Å². The minimum atomic E-state index is -0.392. The van der Waals surface area contributed by atoms with Crippen molar-refractivity contribution in [3.63, 3.8) is 0 Å². The average molecular weight is 362 g/mol.